The van der Waals surface area contributed by atoms with Crippen molar-refractivity contribution in [3.63, 3.8) is 0 Å². The third-order valence-corrected chi connectivity index (χ3v) is 8.73. The van der Waals surface area contributed by atoms with Crippen molar-refractivity contribution < 1.29 is 8.85 Å². The average molecular weight is 224 g/mol. The molecule has 2 nitrogen and oxygen atoms in total. The maximum atomic E-state index is 6.23. The summed E-state index contributed by atoms with van der Waals surface area (Å²) in [6.45, 7) is 6.56. The lowest BCUT2D eigenvalue weighted by molar-refractivity contribution is 0.187. The van der Waals surface area contributed by atoms with Crippen LogP contribution in [0.15, 0.2) is 12.2 Å². The van der Waals surface area contributed by atoms with Gasteiger partial charge >= 0.3 is 8.56 Å². The minimum absolute atomic E-state index is 0.282. The molecule has 2 bridgehead atoms. The Hall–Kier alpha value is -0.123. The summed E-state index contributed by atoms with van der Waals surface area (Å²) in [6, 6.07) is 0. The van der Waals surface area contributed by atoms with E-state index in [1.807, 2.05) is 0 Å². The lowest BCUT2D eigenvalue weighted by atomic mass is 10.1. The Morgan fingerprint density at radius 1 is 1.27 bits per heavy atom. The highest BCUT2D eigenvalue weighted by Gasteiger charge is 2.62. The standard InChI is InChI=1S/C12H20O2Si/c1-9-10(2)14-15(3,13-9)12-6-4-11(8-12)5-7-12/h4,6,9-11H,5,7-8H2,1-3H3. The normalized spacial score (nSPS) is 57.9. The molecule has 3 heteroatoms. The van der Waals surface area contributed by atoms with E-state index in [1.54, 1.807) is 0 Å². The van der Waals surface area contributed by atoms with Crippen LogP contribution in [0, 0.1) is 5.92 Å². The second-order valence-corrected chi connectivity index (χ2v) is 8.97. The highest BCUT2D eigenvalue weighted by molar-refractivity contribution is 6.70. The van der Waals surface area contributed by atoms with Gasteiger partial charge in [-0.3, -0.25) is 0 Å². The fraction of sp³-hybridized carbons (Fsp3) is 0.833. The Labute approximate surface area is 92.9 Å². The molecule has 0 N–H and O–H groups in total. The molecule has 0 aromatic rings. The van der Waals surface area contributed by atoms with Gasteiger partial charge in [-0.15, -0.1) is 0 Å². The van der Waals surface area contributed by atoms with Crippen molar-refractivity contribution in [1.29, 1.82) is 0 Å². The van der Waals surface area contributed by atoms with Gasteiger partial charge < -0.3 is 8.85 Å². The Morgan fingerprint density at radius 2 is 1.93 bits per heavy atom. The van der Waals surface area contributed by atoms with Crippen molar-refractivity contribution in [1.82, 2.24) is 0 Å². The minimum Gasteiger partial charge on any atom is -0.388 e. The lowest BCUT2D eigenvalue weighted by Gasteiger charge is -2.36. The maximum absolute atomic E-state index is 6.23. The zero-order chi connectivity index (χ0) is 10.7. The first-order valence-electron chi connectivity index (χ1n) is 6.10. The van der Waals surface area contributed by atoms with Crippen LogP contribution in [0.3, 0.4) is 0 Å². The second kappa shape index (κ2) is 2.96. The summed E-state index contributed by atoms with van der Waals surface area (Å²) in [5.41, 5.74) is 0. The van der Waals surface area contributed by atoms with Crippen molar-refractivity contribution in [2.24, 2.45) is 5.92 Å². The van der Waals surface area contributed by atoms with Crippen LogP contribution in [-0.4, -0.2) is 20.8 Å². The Kier molecular flexibility index (Phi) is 1.99. The van der Waals surface area contributed by atoms with Crippen LogP contribution in [0.25, 0.3) is 0 Å². The van der Waals surface area contributed by atoms with Crippen LogP contribution < -0.4 is 0 Å². The fourth-order valence-electron chi connectivity index (χ4n) is 3.48. The van der Waals surface area contributed by atoms with Crippen LogP contribution in [0.4, 0.5) is 0 Å². The summed E-state index contributed by atoms with van der Waals surface area (Å²) in [4.78, 5) is 0. The molecule has 15 heavy (non-hydrogen) atoms. The van der Waals surface area contributed by atoms with Crippen molar-refractivity contribution in [3.8, 4) is 0 Å². The Balaban J connectivity index is 1.91. The van der Waals surface area contributed by atoms with Gasteiger partial charge in [0.15, 0.2) is 0 Å². The van der Waals surface area contributed by atoms with E-state index in [0.717, 1.165) is 5.92 Å². The molecule has 3 aliphatic rings. The summed E-state index contributed by atoms with van der Waals surface area (Å²) in [6.07, 6.45) is 9.29. The first kappa shape index (κ1) is 10.1. The molecule has 4 unspecified atom stereocenters. The number of allylic oxidation sites excluding steroid dienone is 2. The molecular formula is C12H20O2Si. The molecule has 0 aromatic heterocycles. The molecule has 1 saturated carbocycles. The molecule has 0 aromatic carbocycles. The van der Waals surface area contributed by atoms with E-state index in [-0.39, 0.29) is 12.2 Å². The van der Waals surface area contributed by atoms with Crippen LogP contribution in [0.5, 0.6) is 0 Å². The summed E-state index contributed by atoms with van der Waals surface area (Å²) in [5, 5.41) is 0.302. The summed E-state index contributed by atoms with van der Waals surface area (Å²) in [5.74, 6) is 0.813. The van der Waals surface area contributed by atoms with Gasteiger partial charge in [0, 0.05) is 5.04 Å². The van der Waals surface area contributed by atoms with Gasteiger partial charge in [-0.1, -0.05) is 12.2 Å². The van der Waals surface area contributed by atoms with E-state index in [2.05, 4.69) is 32.5 Å². The molecule has 0 spiro atoms. The SMILES string of the molecule is CC1O[Si](C)(C23C=CC(CC2)C3)OC1C. The van der Waals surface area contributed by atoms with Crippen LogP contribution in [0.2, 0.25) is 11.6 Å². The summed E-state index contributed by atoms with van der Waals surface area (Å²) in [7, 11) is -1.97. The number of hydrogen-bond acceptors (Lipinski definition) is 2. The molecule has 0 radical (unpaired) electrons. The molecular weight excluding hydrogens is 204 g/mol. The molecule has 84 valence electrons. The van der Waals surface area contributed by atoms with Gasteiger partial charge in [0.25, 0.3) is 0 Å². The second-order valence-electron chi connectivity index (χ2n) is 5.61. The van der Waals surface area contributed by atoms with E-state index in [4.69, 9.17) is 8.85 Å². The van der Waals surface area contributed by atoms with E-state index in [9.17, 15) is 0 Å². The maximum Gasteiger partial charge on any atom is 0.345 e. The van der Waals surface area contributed by atoms with Gasteiger partial charge in [0.05, 0.1) is 12.2 Å². The topological polar surface area (TPSA) is 18.5 Å². The highest BCUT2D eigenvalue weighted by Crippen LogP contribution is 2.62. The minimum atomic E-state index is -1.97. The molecule has 0 amide bonds. The van der Waals surface area contributed by atoms with Crippen molar-refractivity contribution in [3.05, 3.63) is 12.2 Å². The zero-order valence-corrected chi connectivity index (χ0v) is 10.8. The Morgan fingerprint density at radius 3 is 2.33 bits per heavy atom. The third-order valence-electron chi connectivity index (χ3n) is 4.66. The molecule has 1 heterocycles. The summed E-state index contributed by atoms with van der Waals surface area (Å²) >= 11 is 0. The van der Waals surface area contributed by atoms with Crippen molar-refractivity contribution >= 4 is 8.56 Å². The first-order chi connectivity index (χ1) is 7.05. The average Bonchev–Trinajstić information content (AvgIpc) is 2.82. The lowest BCUT2D eigenvalue weighted by Crippen LogP contribution is -2.45. The molecule has 3 rings (SSSR count). The quantitative estimate of drug-likeness (QED) is 0.503. The first-order valence-corrected chi connectivity index (χ1v) is 8.41. The molecule has 2 fully saturated rings. The number of hydrogen-bond donors (Lipinski definition) is 0. The molecule has 2 aliphatic carbocycles. The van der Waals surface area contributed by atoms with Gasteiger partial charge in [0.2, 0.25) is 0 Å². The molecule has 4 atom stereocenters. The fourth-order valence-corrected chi connectivity index (χ4v) is 7.44. The molecule has 1 aliphatic heterocycles. The third kappa shape index (κ3) is 1.23. The van der Waals surface area contributed by atoms with Crippen LogP contribution in [0.1, 0.15) is 33.1 Å². The number of fused-ring (bicyclic) bond motifs is 2. The smallest absolute Gasteiger partial charge is 0.345 e. The zero-order valence-electron chi connectivity index (χ0n) is 9.82. The largest absolute Gasteiger partial charge is 0.388 e. The van der Waals surface area contributed by atoms with E-state index in [1.165, 1.54) is 19.3 Å². The number of rotatable bonds is 1. The van der Waals surface area contributed by atoms with Gasteiger partial charge in [-0.05, 0) is 45.6 Å². The summed E-state index contributed by atoms with van der Waals surface area (Å²) < 4.78 is 12.5. The van der Waals surface area contributed by atoms with Gasteiger partial charge in [-0.2, -0.15) is 0 Å². The van der Waals surface area contributed by atoms with Crippen molar-refractivity contribution in [2.45, 2.75) is 56.9 Å². The van der Waals surface area contributed by atoms with Crippen LogP contribution >= 0.6 is 0 Å². The predicted molar refractivity (Wildman–Crippen MR) is 61.9 cm³/mol. The van der Waals surface area contributed by atoms with Crippen molar-refractivity contribution in [2.75, 3.05) is 0 Å². The van der Waals surface area contributed by atoms with Gasteiger partial charge in [0.1, 0.15) is 0 Å². The van der Waals surface area contributed by atoms with E-state index in [0.29, 0.717) is 5.04 Å². The van der Waals surface area contributed by atoms with E-state index >= 15 is 0 Å². The molecule has 1 saturated heterocycles. The highest BCUT2D eigenvalue weighted by atomic mass is 28.4. The predicted octanol–water partition coefficient (Wildman–Crippen LogP) is 2.99. The monoisotopic (exact) mass is 224 g/mol. The van der Waals surface area contributed by atoms with Crippen LogP contribution in [-0.2, 0) is 8.85 Å². The van der Waals surface area contributed by atoms with E-state index < -0.39 is 8.56 Å². The Bertz CT molecular complexity index is 305. The van der Waals surface area contributed by atoms with Gasteiger partial charge in [-0.25, -0.2) is 0 Å².